The average molecular weight is 504 g/mol. The van der Waals surface area contributed by atoms with E-state index in [4.69, 9.17) is 0 Å². The topological polar surface area (TPSA) is 43.9 Å². The molecule has 5 nitrogen and oxygen atoms in total. The van der Waals surface area contributed by atoms with Crippen molar-refractivity contribution in [1.29, 1.82) is 0 Å². The minimum absolute atomic E-state index is 0.158. The third-order valence-corrected chi connectivity index (χ3v) is 8.13. The molecule has 0 saturated carbocycles. The Hall–Kier alpha value is -2.66. The molecule has 2 atom stereocenters. The third kappa shape index (κ3) is 7.01. The molecule has 1 fully saturated rings. The molecule has 200 valence electrons. The Morgan fingerprint density at radius 3 is 2.51 bits per heavy atom. The molecular formula is C32H45N3O2. The van der Waals surface area contributed by atoms with Crippen molar-refractivity contribution in [2.75, 3.05) is 24.5 Å². The molecule has 0 spiro atoms. The number of piperidine rings is 1. The highest BCUT2D eigenvalue weighted by molar-refractivity contribution is 5.94. The number of aryl methyl sites for hydroxylation is 1. The molecule has 0 radical (unpaired) electrons. The minimum Gasteiger partial charge on any atom is -0.336 e. The molecule has 1 saturated heterocycles. The van der Waals surface area contributed by atoms with Gasteiger partial charge in [0.2, 0.25) is 11.8 Å². The number of para-hydroxylation sites is 1. The number of nitrogens with zero attached hydrogens (tertiary/aromatic N) is 3. The van der Waals surface area contributed by atoms with Crippen LogP contribution in [-0.2, 0) is 22.6 Å². The van der Waals surface area contributed by atoms with Crippen molar-refractivity contribution in [2.45, 2.75) is 91.3 Å². The second kappa shape index (κ2) is 12.7. The Labute approximate surface area is 223 Å². The van der Waals surface area contributed by atoms with Crippen LogP contribution >= 0.6 is 0 Å². The van der Waals surface area contributed by atoms with E-state index >= 15 is 0 Å². The lowest BCUT2D eigenvalue weighted by Gasteiger charge is -2.44. The number of amides is 2. The Morgan fingerprint density at radius 1 is 0.973 bits per heavy atom. The van der Waals surface area contributed by atoms with Gasteiger partial charge in [0.25, 0.3) is 0 Å². The lowest BCUT2D eigenvalue weighted by Crippen LogP contribution is -2.53. The molecule has 2 amide bonds. The fraction of sp³-hybridized carbons (Fsp3) is 0.562. The van der Waals surface area contributed by atoms with Crippen molar-refractivity contribution in [1.82, 2.24) is 9.80 Å². The molecule has 4 rings (SSSR count). The van der Waals surface area contributed by atoms with Crippen LogP contribution in [0, 0.1) is 12.8 Å². The van der Waals surface area contributed by atoms with Crippen LogP contribution in [0.2, 0.25) is 0 Å². The van der Waals surface area contributed by atoms with Crippen LogP contribution in [-0.4, -0.2) is 53.3 Å². The Kier molecular flexibility index (Phi) is 9.42. The van der Waals surface area contributed by atoms with E-state index in [2.05, 4.69) is 60.9 Å². The van der Waals surface area contributed by atoms with E-state index in [1.165, 1.54) is 18.4 Å². The minimum atomic E-state index is 0.158. The molecule has 2 aliphatic rings. The molecule has 2 heterocycles. The van der Waals surface area contributed by atoms with E-state index in [1.54, 1.807) is 0 Å². The summed E-state index contributed by atoms with van der Waals surface area (Å²) in [5, 5.41) is 0. The molecule has 2 bridgehead atoms. The van der Waals surface area contributed by atoms with Crippen LogP contribution in [0.25, 0.3) is 0 Å². The zero-order valence-electron chi connectivity index (χ0n) is 23.3. The Morgan fingerprint density at radius 2 is 1.76 bits per heavy atom. The monoisotopic (exact) mass is 503 g/mol. The summed E-state index contributed by atoms with van der Waals surface area (Å²) in [6.45, 7) is 11.7. The molecule has 0 aromatic heterocycles. The first-order chi connectivity index (χ1) is 17.9. The molecule has 2 aliphatic heterocycles. The van der Waals surface area contributed by atoms with E-state index in [-0.39, 0.29) is 11.8 Å². The Bertz CT molecular complexity index is 1070. The maximum absolute atomic E-state index is 13.9. The number of hydrogen-bond acceptors (Lipinski definition) is 3. The average Bonchev–Trinajstić information content (AvgIpc) is 2.89. The summed E-state index contributed by atoms with van der Waals surface area (Å²) < 4.78 is 0. The second-order valence-corrected chi connectivity index (χ2v) is 11.4. The van der Waals surface area contributed by atoms with Crippen molar-refractivity contribution in [2.24, 2.45) is 5.92 Å². The summed E-state index contributed by atoms with van der Waals surface area (Å²) in [6, 6.07) is 17.3. The fourth-order valence-electron chi connectivity index (χ4n) is 6.08. The number of carbonyl (C=O) groups is 2. The van der Waals surface area contributed by atoms with Gasteiger partial charge in [0.15, 0.2) is 0 Å². The molecule has 2 aromatic rings. The van der Waals surface area contributed by atoms with E-state index in [0.29, 0.717) is 37.4 Å². The highest BCUT2D eigenvalue weighted by Crippen LogP contribution is 2.31. The van der Waals surface area contributed by atoms with Crippen molar-refractivity contribution in [3.8, 4) is 0 Å². The highest BCUT2D eigenvalue weighted by atomic mass is 16.2. The first-order valence-corrected chi connectivity index (χ1v) is 14.3. The van der Waals surface area contributed by atoms with Crippen LogP contribution < -0.4 is 4.90 Å². The first kappa shape index (κ1) is 27.4. The van der Waals surface area contributed by atoms with Crippen molar-refractivity contribution < 1.29 is 9.59 Å². The number of rotatable bonds is 6. The number of anilines is 1. The van der Waals surface area contributed by atoms with Gasteiger partial charge in [-0.25, -0.2) is 0 Å². The first-order valence-electron chi connectivity index (χ1n) is 14.3. The molecule has 0 N–H and O–H groups in total. The zero-order chi connectivity index (χ0) is 26.4. The van der Waals surface area contributed by atoms with Crippen LogP contribution in [0.5, 0.6) is 0 Å². The summed E-state index contributed by atoms with van der Waals surface area (Å²) in [5.74, 6) is 0.963. The number of hydrogen-bond donors (Lipinski definition) is 0. The van der Waals surface area contributed by atoms with E-state index < -0.39 is 0 Å². The highest BCUT2D eigenvalue weighted by Gasteiger charge is 2.34. The molecule has 0 aliphatic carbocycles. The predicted molar refractivity (Wildman–Crippen MR) is 152 cm³/mol. The smallest absolute Gasteiger partial charge is 0.227 e. The van der Waals surface area contributed by atoms with Crippen molar-refractivity contribution in [3.63, 3.8) is 0 Å². The van der Waals surface area contributed by atoms with Gasteiger partial charge in [-0.2, -0.15) is 0 Å². The number of fused-ring (bicyclic) bond motifs is 3. The van der Waals surface area contributed by atoms with Gasteiger partial charge in [-0.3, -0.25) is 14.5 Å². The SMILES string of the molecule is CCC(=O)N1CCC2CCCC(CN(C(=O)Cc3cccc(C)c3)Cc3ccccc31)N2CCC(C)C. The standard InChI is InChI=1S/C32H45N3O2/c1-5-31(36)35-19-17-28-13-9-14-29(34(28)18-16-24(2)3)23-33(22-27-12-6-7-15-30(27)35)32(37)21-26-11-8-10-25(4)20-26/h6-8,10-12,15,20,24,28-29H,5,9,13-14,16-19,21-23H2,1-4H3. The molecule has 37 heavy (non-hydrogen) atoms. The summed E-state index contributed by atoms with van der Waals surface area (Å²) in [4.78, 5) is 33.8. The number of carbonyl (C=O) groups excluding carboxylic acids is 2. The van der Waals surface area contributed by atoms with Crippen LogP contribution in [0.15, 0.2) is 48.5 Å². The molecular weight excluding hydrogens is 458 g/mol. The van der Waals surface area contributed by atoms with Crippen molar-refractivity contribution in [3.05, 3.63) is 65.2 Å². The van der Waals surface area contributed by atoms with Gasteiger partial charge < -0.3 is 9.80 Å². The quantitative estimate of drug-likeness (QED) is 0.487. The van der Waals surface area contributed by atoms with Crippen LogP contribution in [0.1, 0.15) is 76.0 Å². The largest absolute Gasteiger partial charge is 0.336 e. The van der Waals surface area contributed by atoms with E-state index in [0.717, 1.165) is 55.7 Å². The summed E-state index contributed by atoms with van der Waals surface area (Å²) in [6.07, 6.45) is 6.50. The fourth-order valence-corrected chi connectivity index (χ4v) is 6.08. The Balaban J connectivity index is 1.71. The maximum Gasteiger partial charge on any atom is 0.227 e. The number of benzene rings is 2. The van der Waals surface area contributed by atoms with Gasteiger partial charge in [0, 0.05) is 43.8 Å². The molecule has 5 heteroatoms. The van der Waals surface area contributed by atoms with Gasteiger partial charge in [-0.05, 0) is 62.3 Å². The van der Waals surface area contributed by atoms with Crippen molar-refractivity contribution >= 4 is 17.5 Å². The van der Waals surface area contributed by atoms with Gasteiger partial charge in [-0.15, -0.1) is 0 Å². The van der Waals surface area contributed by atoms with E-state index in [9.17, 15) is 9.59 Å². The normalized spacial score (nSPS) is 20.9. The molecule has 2 unspecified atom stereocenters. The third-order valence-electron chi connectivity index (χ3n) is 8.13. The lowest BCUT2D eigenvalue weighted by molar-refractivity contribution is -0.132. The zero-order valence-corrected chi connectivity index (χ0v) is 23.3. The van der Waals surface area contributed by atoms with Crippen LogP contribution in [0.3, 0.4) is 0 Å². The summed E-state index contributed by atoms with van der Waals surface area (Å²) >= 11 is 0. The van der Waals surface area contributed by atoms with Gasteiger partial charge in [-0.1, -0.05) is 75.2 Å². The van der Waals surface area contributed by atoms with E-state index in [1.807, 2.05) is 30.0 Å². The lowest BCUT2D eigenvalue weighted by atomic mass is 9.92. The maximum atomic E-state index is 13.9. The summed E-state index contributed by atoms with van der Waals surface area (Å²) in [7, 11) is 0. The van der Waals surface area contributed by atoms with Gasteiger partial charge in [0.05, 0.1) is 6.42 Å². The predicted octanol–water partition coefficient (Wildman–Crippen LogP) is 5.98. The molecule has 2 aromatic carbocycles. The van der Waals surface area contributed by atoms with Gasteiger partial charge >= 0.3 is 0 Å². The summed E-state index contributed by atoms with van der Waals surface area (Å²) in [5.41, 5.74) is 4.27. The second-order valence-electron chi connectivity index (χ2n) is 11.4. The van der Waals surface area contributed by atoms with Crippen LogP contribution in [0.4, 0.5) is 5.69 Å². The van der Waals surface area contributed by atoms with Gasteiger partial charge in [0.1, 0.15) is 0 Å².